The molecule has 1 atom stereocenters. The molecule has 0 saturated carbocycles. The highest BCUT2D eigenvalue weighted by Gasteiger charge is 2.21. The van der Waals surface area contributed by atoms with E-state index in [0.29, 0.717) is 13.2 Å². The number of hydrogen-bond donors (Lipinski definition) is 1. The summed E-state index contributed by atoms with van der Waals surface area (Å²) in [6.07, 6.45) is 0.947. The van der Waals surface area contributed by atoms with Crippen LogP contribution in [-0.4, -0.2) is 55.6 Å². The molecule has 112 valence electrons. The summed E-state index contributed by atoms with van der Waals surface area (Å²) >= 11 is 3.50. The fourth-order valence-corrected chi connectivity index (χ4v) is 2.69. The van der Waals surface area contributed by atoms with Gasteiger partial charge in [-0.2, -0.15) is 0 Å². The van der Waals surface area contributed by atoms with E-state index in [1.54, 1.807) is 0 Å². The minimum atomic E-state index is 0.136. The molecule has 1 N–H and O–H groups in total. The van der Waals surface area contributed by atoms with Gasteiger partial charge in [0.15, 0.2) is 0 Å². The second-order valence-corrected chi connectivity index (χ2v) is 5.87. The van der Waals surface area contributed by atoms with E-state index in [0.717, 1.165) is 41.9 Å². The summed E-state index contributed by atoms with van der Waals surface area (Å²) in [5.74, 6) is 0.931. The van der Waals surface area contributed by atoms with E-state index in [4.69, 9.17) is 9.47 Å². The molecule has 0 bridgehead atoms. The Bertz CT molecular complexity index is 428. The van der Waals surface area contributed by atoms with Crippen LogP contribution in [0.3, 0.4) is 0 Å². The van der Waals surface area contributed by atoms with Crippen molar-refractivity contribution in [2.24, 2.45) is 0 Å². The Hall–Kier alpha value is -0.620. The fraction of sp³-hybridized carbons (Fsp3) is 0.600. The average Bonchev–Trinajstić information content (AvgIpc) is 2.48. The van der Waals surface area contributed by atoms with E-state index in [1.165, 1.54) is 0 Å². The lowest BCUT2D eigenvalue weighted by Crippen LogP contribution is -2.47. The maximum atomic E-state index is 9.30. The van der Waals surface area contributed by atoms with E-state index < -0.39 is 0 Å². The molecule has 1 fully saturated rings. The predicted molar refractivity (Wildman–Crippen MR) is 82.3 cm³/mol. The smallest absolute Gasteiger partial charge is 0.123 e. The Morgan fingerprint density at radius 3 is 3.15 bits per heavy atom. The second kappa shape index (κ2) is 7.98. The van der Waals surface area contributed by atoms with Gasteiger partial charge in [-0.1, -0.05) is 22.0 Å². The molecule has 1 aliphatic heterocycles. The van der Waals surface area contributed by atoms with Crippen molar-refractivity contribution in [2.45, 2.75) is 19.4 Å². The zero-order valence-electron chi connectivity index (χ0n) is 11.8. The van der Waals surface area contributed by atoms with Gasteiger partial charge in [0.05, 0.1) is 32.5 Å². The van der Waals surface area contributed by atoms with Crippen LogP contribution in [0, 0.1) is 6.92 Å². The third kappa shape index (κ3) is 4.19. The Morgan fingerprint density at radius 1 is 1.50 bits per heavy atom. The molecule has 5 heteroatoms. The summed E-state index contributed by atoms with van der Waals surface area (Å²) in [5, 5.41) is 9.30. The first-order chi connectivity index (χ1) is 9.72. The molecule has 0 aliphatic carbocycles. The van der Waals surface area contributed by atoms with Gasteiger partial charge in [-0.05, 0) is 25.5 Å². The highest BCUT2D eigenvalue weighted by atomic mass is 79.9. The van der Waals surface area contributed by atoms with Crippen LogP contribution in [0.15, 0.2) is 22.7 Å². The molecule has 1 aromatic carbocycles. The van der Waals surface area contributed by atoms with Gasteiger partial charge >= 0.3 is 0 Å². The average molecular weight is 344 g/mol. The van der Waals surface area contributed by atoms with Crippen LogP contribution in [0.25, 0.3) is 0 Å². The van der Waals surface area contributed by atoms with Gasteiger partial charge in [0.1, 0.15) is 5.75 Å². The predicted octanol–water partition coefficient (Wildman–Crippen LogP) is 2.22. The number of nitrogens with zero attached hydrogens (tertiary/aromatic N) is 1. The number of rotatable bonds is 6. The van der Waals surface area contributed by atoms with Gasteiger partial charge in [-0.25, -0.2) is 0 Å². The third-order valence-corrected chi connectivity index (χ3v) is 4.48. The molecule has 0 radical (unpaired) electrons. The standard InChI is InChI=1S/C15H22BrNO3/c1-12-14(16)4-2-5-15(12)20-8-3-6-17-7-9-19-11-13(17)10-18/h2,4-5,13,18H,3,6-11H2,1H3. The Balaban J connectivity index is 1.74. The van der Waals surface area contributed by atoms with Gasteiger partial charge in [0.2, 0.25) is 0 Å². The highest BCUT2D eigenvalue weighted by Crippen LogP contribution is 2.25. The topological polar surface area (TPSA) is 41.9 Å². The van der Waals surface area contributed by atoms with Crippen LogP contribution in [0.5, 0.6) is 5.75 Å². The summed E-state index contributed by atoms with van der Waals surface area (Å²) in [6.45, 7) is 6.09. The molecule has 4 nitrogen and oxygen atoms in total. The Morgan fingerprint density at radius 2 is 2.35 bits per heavy atom. The van der Waals surface area contributed by atoms with Crippen molar-refractivity contribution in [3.8, 4) is 5.75 Å². The maximum absolute atomic E-state index is 9.30. The van der Waals surface area contributed by atoms with Gasteiger partial charge in [-0.15, -0.1) is 0 Å². The number of halogens is 1. The number of morpholine rings is 1. The Kier molecular flexibility index (Phi) is 6.29. The van der Waals surface area contributed by atoms with Crippen LogP contribution in [0.2, 0.25) is 0 Å². The van der Waals surface area contributed by atoms with Gasteiger partial charge in [0.25, 0.3) is 0 Å². The lowest BCUT2D eigenvalue weighted by Gasteiger charge is -2.34. The zero-order valence-corrected chi connectivity index (χ0v) is 13.4. The molecule has 20 heavy (non-hydrogen) atoms. The molecule has 1 heterocycles. The van der Waals surface area contributed by atoms with Crippen LogP contribution in [-0.2, 0) is 4.74 Å². The van der Waals surface area contributed by atoms with Crippen molar-refractivity contribution < 1.29 is 14.6 Å². The van der Waals surface area contributed by atoms with Crippen LogP contribution >= 0.6 is 15.9 Å². The number of ether oxygens (including phenoxy) is 2. The number of hydrogen-bond acceptors (Lipinski definition) is 4. The monoisotopic (exact) mass is 343 g/mol. The largest absolute Gasteiger partial charge is 0.493 e. The van der Waals surface area contributed by atoms with Gasteiger partial charge in [0, 0.05) is 23.1 Å². The van der Waals surface area contributed by atoms with Crippen LogP contribution in [0.1, 0.15) is 12.0 Å². The van der Waals surface area contributed by atoms with Crippen molar-refractivity contribution in [3.05, 3.63) is 28.2 Å². The Labute approximate surface area is 128 Å². The minimum absolute atomic E-state index is 0.136. The second-order valence-electron chi connectivity index (χ2n) is 5.01. The summed E-state index contributed by atoms with van der Waals surface area (Å²) in [5.41, 5.74) is 1.13. The quantitative estimate of drug-likeness (QED) is 0.804. The van der Waals surface area contributed by atoms with Crippen molar-refractivity contribution in [3.63, 3.8) is 0 Å². The molecule has 0 spiro atoms. The summed E-state index contributed by atoms with van der Waals surface area (Å²) < 4.78 is 12.3. The first-order valence-corrected chi connectivity index (χ1v) is 7.82. The van der Waals surface area contributed by atoms with Crippen molar-refractivity contribution in [1.29, 1.82) is 0 Å². The molecule has 1 saturated heterocycles. The minimum Gasteiger partial charge on any atom is -0.493 e. The van der Waals surface area contributed by atoms with Crippen molar-refractivity contribution >= 4 is 15.9 Å². The first kappa shape index (κ1) is 15.8. The maximum Gasteiger partial charge on any atom is 0.123 e. The summed E-state index contributed by atoms with van der Waals surface area (Å²) in [4.78, 5) is 2.28. The lowest BCUT2D eigenvalue weighted by molar-refractivity contribution is -0.0287. The third-order valence-electron chi connectivity index (χ3n) is 3.63. The summed E-state index contributed by atoms with van der Waals surface area (Å²) in [7, 11) is 0. The van der Waals surface area contributed by atoms with E-state index >= 15 is 0 Å². The molecular formula is C15H22BrNO3. The SMILES string of the molecule is Cc1c(Br)cccc1OCCCN1CCOCC1CO. The van der Waals surface area contributed by atoms with E-state index in [2.05, 4.69) is 20.8 Å². The lowest BCUT2D eigenvalue weighted by atomic mass is 10.2. The highest BCUT2D eigenvalue weighted by molar-refractivity contribution is 9.10. The van der Waals surface area contributed by atoms with E-state index in [-0.39, 0.29) is 12.6 Å². The molecule has 2 rings (SSSR count). The van der Waals surface area contributed by atoms with Gasteiger partial charge in [-0.3, -0.25) is 4.90 Å². The van der Waals surface area contributed by atoms with Crippen molar-refractivity contribution in [2.75, 3.05) is 39.5 Å². The summed E-state index contributed by atoms with van der Waals surface area (Å²) in [6, 6.07) is 6.12. The van der Waals surface area contributed by atoms with E-state index in [9.17, 15) is 5.11 Å². The molecular weight excluding hydrogens is 322 g/mol. The van der Waals surface area contributed by atoms with Crippen molar-refractivity contribution in [1.82, 2.24) is 4.90 Å². The number of aliphatic hydroxyl groups is 1. The fourth-order valence-electron chi connectivity index (χ4n) is 2.35. The zero-order chi connectivity index (χ0) is 14.4. The van der Waals surface area contributed by atoms with Crippen LogP contribution in [0.4, 0.5) is 0 Å². The van der Waals surface area contributed by atoms with Crippen LogP contribution < -0.4 is 4.74 Å². The number of aliphatic hydroxyl groups excluding tert-OH is 1. The molecule has 0 amide bonds. The van der Waals surface area contributed by atoms with E-state index in [1.807, 2.05) is 25.1 Å². The first-order valence-electron chi connectivity index (χ1n) is 7.03. The molecule has 0 aromatic heterocycles. The van der Waals surface area contributed by atoms with Gasteiger partial charge < -0.3 is 14.6 Å². The number of benzene rings is 1. The molecule has 1 aromatic rings. The molecule has 1 aliphatic rings. The normalized spacial score (nSPS) is 20.1. The molecule has 1 unspecified atom stereocenters.